The minimum atomic E-state index is 0.181. The fraction of sp³-hybridized carbons (Fsp3) is 0.450. The Kier molecular flexibility index (Phi) is 5.95. The molecule has 29 heavy (non-hydrogen) atoms. The molecular formula is C20H26N8O. The molecule has 0 saturated carbocycles. The zero-order valence-corrected chi connectivity index (χ0v) is 16.7. The molecule has 1 aliphatic heterocycles. The van der Waals surface area contributed by atoms with Crippen molar-refractivity contribution in [2.45, 2.75) is 32.9 Å². The number of hydrogen-bond donors (Lipinski definition) is 0. The Morgan fingerprint density at radius 1 is 1.07 bits per heavy atom. The molecule has 0 aliphatic carbocycles. The molecule has 0 atom stereocenters. The van der Waals surface area contributed by atoms with Crippen LogP contribution in [0.4, 0.5) is 0 Å². The van der Waals surface area contributed by atoms with E-state index in [-0.39, 0.29) is 5.91 Å². The third kappa shape index (κ3) is 4.86. The maximum atomic E-state index is 12.8. The summed E-state index contributed by atoms with van der Waals surface area (Å²) in [5, 5.41) is 15.5. The van der Waals surface area contributed by atoms with Crippen molar-refractivity contribution in [3.05, 3.63) is 54.1 Å². The molecule has 1 fully saturated rings. The van der Waals surface area contributed by atoms with Crippen LogP contribution in [0.1, 0.15) is 24.5 Å². The van der Waals surface area contributed by atoms with Crippen LogP contribution in [0.5, 0.6) is 0 Å². The van der Waals surface area contributed by atoms with Crippen LogP contribution < -0.4 is 0 Å². The molecule has 1 aromatic carbocycles. The predicted octanol–water partition coefficient (Wildman–Crippen LogP) is 1.16. The van der Waals surface area contributed by atoms with Gasteiger partial charge in [0.1, 0.15) is 6.33 Å². The van der Waals surface area contributed by atoms with Crippen LogP contribution in [-0.4, -0.2) is 71.9 Å². The van der Waals surface area contributed by atoms with E-state index in [0.29, 0.717) is 6.42 Å². The molecule has 9 nitrogen and oxygen atoms in total. The first-order valence-corrected chi connectivity index (χ1v) is 10.0. The largest absolute Gasteiger partial charge is 0.341 e. The van der Waals surface area contributed by atoms with Gasteiger partial charge in [0.25, 0.3) is 0 Å². The van der Waals surface area contributed by atoms with Crippen LogP contribution >= 0.6 is 0 Å². The summed E-state index contributed by atoms with van der Waals surface area (Å²) in [4.78, 5) is 17.2. The second kappa shape index (κ2) is 8.95. The molecule has 1 aliphatic rings. The number of amides is 1. The van der Waals surface area contributed by atoms with Crippen LogP contribution in [0, 0.1) is 0 Å². The molecule has 0 N–H and O–H groups in total. The highest BCUT2D eigenvalue weighted by atomic mass is 16.2. The minimum Gasteiger partial charge on any atom is -0.341 e. The zero-order chi connectivity index (χ0) is 20.1. The van der Waals surface area contributed by atoms with Gasteiger partial charge in [-0.3, -0.25) is 14.4 Å². The quantitative estimate of drug-likeness (QED) is 0.624. The first-order chi connectivity index (χ1) is 14.2. The molecule has 0 radical (unpaired) electrons. The average molecular weight is 394 g/mol. The molecule has 0 bridgehead atoms. The minimum absolute atomic E-state index is 0.181. The molecule has 1 amide bonds. The molecule has 1 saturated heterocycles. The highest BCUT2D eigenvalue weighted by molar-refractivity contribution is 5.78. The Morgan fingerprint density at radius 3 is 2.66 bits per heavy atom. The van der Waals surface area contributed by atoms with E-state index < -0.39 is 0 Å². The lowest BCUT2D eigenvalue weighted by molar-refractivity contribution is -0.130. The lowest BCUT2D eigenvalue weighted by Crippen LogP contribution is -2.36. The number of rotatable bonds is 6. The van der Waals surface area contributed by atoms with Gasteiger partial charge in [0.05, 0.1) is 18.3 Å². The Bertz CT molecular complexity index is 918. The normalized spacial score (nSPS) is 15.4. The number of carbonyl (C=O) groups excluding carboxylic acids is 1. The maximum absolute atomic E-state index is 12.8. The SMILES string of the molecule is CCn1cc(CN2CCCN(C(=O)Cc3ccc(-n4cnnn4)cc3)CC2)cn1. The fourth-order valence-corrected chi connectivity index (χ4v) is 3.63. The lowest BCUT2D eigenvalue weighted by atomic mass is 10.1. The lowest BCUT2D eigenvalue weighted by Gasteiger charge is -2.22. The molecule has 0 spiro atoms. The van der Waals surface area contributed by atoms with Crippen molar-refractivity contribution < 1.29 is 4.79 Å². The number of hydrogen-bond acceptors (Lipinski definition) is 6. The Morgan fingerprint density at radius 2 is 1.93 bits per heavy atom. The van der Waals surface area contributed by atoms with Gasteiger partial charge in [0.2, 0.25) is 5.91 Å². The van der Waals surface area contributed by atoms with E-state index in [9.17, 15) is 4.79 Å². The molecule has 3 aromatic rings. The van der Waals surface area contributed by atoms with Crippen molar-refractivity contribution in [3.63, 3.8) is 0 Å². The van der Waals surface area contributed by atoms with Crippen LogP contribution in [0.15, 0.2) is 43.0 Å². The molecular weight excluding hydrogens is 368 g/mol. The summed E-state index contributed by atoms with van der Waals surface area (Å²) in [6.45, 7) is 7.34. The third-order valence-electron chi connectivity index (χ3n) is 5.26. The van der Waals surface area contributed by atoms with Crippen LogP contribution in [-0.2, 0) is 24.3 Å². The average Bonchev–Trinajstić information content (AvgIpc) is 3.37. The standard InChI is InChI=1S/C20H26N8O/c1-2-27-15-18(13-22-27)14-25-8-3-9-26(11-10-25)20(29)12-17-4-6-19(7-5-17)28-16-21-23-24-28/h4-7,13,15-16H,2-3,8-12,14H2,1H3. The summed E-state index contributed by atoms with van der Waals surface area (Å²) in [7, 11) is 0. The number of carbonyl (C=O) groups is 1. The Labute approximate surface area is 169 Å². The van der Waals surface area contributed by atoms with E-state index >= 15 is 0 Å². The first-order valence-electron chi connectivity index (χ1n) is 10.0. The predicted molar refractivity (Wildman–Crippen MR) is 107 cm³/mol. The van der Waals surface area contributed by atoms with Gasteiger partial charge in [0.15, 0.2) is 0 Å². The van der Waals surface area contributed by atoms with Crippen molar-refractivity contribution in [1.82, 2.24) is 39.8 Å². The third-order valence-corrected chi connectivity index (χ3v) is 5.26. The van der Waals surface area contributed by atoms with Gasteiger partial charge < -0.3 is 4.90 Å². The summed E-state index contributed by atoms with van der Waals surface area (Å²) >= 11 is 0. The van der Waals surface area contributed by atoms with E-state index in [1.54, 1.807) is 11.0 Å². The maximum Gasteiger partial charge on any atom is 0.227 e. The van der Waals surface area contributed by atoms with Gasteiger partial charge in [-0.25, -0.2) is 4.68 Å². The molecule has 2 aromatic heterocycles. The van der Waals surface area contributed by atoms with E-state index in [1.165, 1.54) is 5.56 Å². The van der Waals surface area contributed by atoms with Gasteiger partial charge in [-0.05, 0) is 41.5 Å². The first kappa shape index (κ1) is 19.3. The Balaban J connectivity index is 1.30. The second-order valence-corrected chi connectivity index (χ2v) is 7.31. The number of aryl methyl sites for hydroxylation is 1. The summed E-state index contributed by atoms with van der Waals surface area (Å²) < 4.78 is 3.55. The van der Waals surface area contributed by atoms with Gasteiger partial charge in [-0.1, -0.05) is 12.1 Å². The van der Waals surface area contributed by atoms with E-state index in [0.717, 1.165) is 56.9 Å². The van der Waals surface area contributed by atoms with Gasteiger partial charge in [-0.15, -0.1) is 5.10 Å². The van der Waals surface area contributed by atoms with Crippen molar-refractivity contribution in [2.75, 3.05) is 26.2 Å². The fourth-order valence-electron chi connectivity index (χ4n) is 3.63. The monoisotopic (exact) mass is 394 g/mol. The number of aromatic nitrogens is 6. The van der Waals surface area contributed by atoms with E-state index in [4.69, 9.17) is 0 Å². The van der Waals surface area contributed by atoms with Crippen molar-refractivity contribution in [3.8, 4) is 5.69 Å². The van der Waals surface area contributed by atoms with Crippen molar-refractivity contribution in [1.29, 1.82) is 0 Å². The molecule has 3 heterocycles. The zero-order valence-electron chi connectivity index (χ0n) is 16.7. The van der Waals surface area contributed by atoms with Gasteiger partial charge >= 0.3 is 0 Å². The summed E-state index contributed by atoms with van der Waals surface area (Å²) in [6.07, 6.45) is 7.00. The van der Waals surface area contributed by atoms with Gasteiger partial charge in [0, 0.05) is 51.0 Å². The molecule has 9 heteroatoms. The number of nitrogens with zero attached hydrogens (tertiary/aromatic N) is 8. The van der Waals surface area contributed by atoms with E-state index in [2.05, 4.69) is 38.6 Å². The summed E-state index contributed by atoms with van der Waals surface area (Å²) in [6, 6.07) is 7.79. The van der Waals surface area contributed by atoms with Crippen molar-refractivity contribution in [2.24, 2.45) is 0 Å². The topological polar surface area (TPSA) is 85.0 Å². The summed E-state index contributed by atoms with van der Waals surface area (Å²) in [5.41, 5.74) is 3.11. The highest BCUT2D eigenvalue weighted by Gasteiger charge is 2.19. The molecule has 152 valence electrons. The van der Waals surface area contributed by atoms with Crippen LogP contribution in [0.25, 0.3) is 5.69 Å². The highest BCUT2D eigenvalue weighted by Crippen LogP contribution is 2.12. The number of tetrazole rings is 1. The summed E-state index contributed by atoms with van der Waals surface area (Å²) in [5.74, 6) is 0.181. The van der Waals surface area contributed by atoms with E-state index in [1.807, 2.05) is 40.0 Å². The smallest absolute Gasteiger partial charge is 0.227 e. The van der Waals surface area contributed by atoms with Crippen LogP contribution in [0.2, 0.25) is 0 Å². The molecule has 0 unspecified atom stereocenters. The van der Waals surface area contributed by atoms with Gasteiger partial charge in [-0.2, -0.15) is 5.10 Å². The second-order valence-electron chi connectivity index (χ2n) is 7.31. The molecule has 4 rings (SSSR count). The van der Waals surface area contributed by atoms with Crippen molar-refractivity contribution >= 4 is 5.91 Å². The number of benzene rings is 1. The van der Waals surface area contributed by atoms with Crippen LogP contribution in [0.3, 0.4) is 0 Å². The Hall–Kier alpha value is -3.07.